The summed E-state index contributed by atoms with van der Waals surface area (Å²) in [7, 11) is 0. The van der Waals surface area contributed by atoms with Gasteiger partial charge in [-0.2, -0.15) is 0 Å². The van der Waals surface area contributed by atoms with Crippen LogP contribution in [0, 0.1) is 0 Å². The molecular weight excluding hydrogens is 366 g/mol. The molecule has 6 heteroatoms. The van der Waals surface area contributed by atoms with E-state index in [4.69, 9.17) is 4.74 Å². The predicted octanol–water partition coefficient (Wildman–Crippen LogP) is 3.27. The van der Waals surface area contributed by atoms with Crippen LogP contribution in [0.4, 0.5) is 0 Å². The maximum atomic E-state index is 12.2. The molecule has 0 bridgehead atoms. The second-order valence-electron chi connectivity index (χ2n) is 6.52. The first-order chi connectivity index (χ1) is 14.1. The number of nitrogens with one attached hydrogen (secondary N) is 2. The normalized spacial score (nSPS) is 11.3. The predicted molar refractivity (Wildman–Crippen MR) is 110 cm³/mol. The molecule has 0 spiro atoms. The Balaban J connectivity index is 1.50. The number of aromatic nitrogens is 1. The molecule has 0 saturated carbocycles. The first-order valence-corrected chi connectivity index (χ1v) is 9.37. The Labute approximate surface area is 169 Å². The quantitative estimate of drug-likeness (QED) is 0.620. The third-order valence-electron chi connectivity index (χ3n) is 4.29. The second kappa shape index (κ2) is 10.0. The van der Waals surface area contributed by atoms with E-state index in [9.17, 15) is 9.59 Å². The topological polar surface area (TPSA) is 80.3 Å². The molecule has 1 aromatic heterocycles. The summed E-state index contributed by atoms with van der Waals surface area (Å²) in [5.41, 5.74) is 2.27. The highest BCUT2D eigenvalue weighted by atomic mass is 16.5. The van der Waals surface area contributed by atoms with Crippen LogP contribution in [0.1, 0.15) is 34.6 Å². The fourth-order valence-corrected chi connectivity index (χ4v) is 2.74. The molecular formula is C23H23N3O3. The zero-order chi connectivity index (χ0) is 20.5. The first-order valence-electron chi connectivity index (χ1n) is 9.37. The number of hydrogen-bond donors (Lipinski definition) is 2. The van der Waals surface area contributed by atoms with E-state index in [0.29, 0.717) is 17.9 Å². The van der Waals surface area contributed by atoms with Crippen molar-refractivity contribution in [1.29, 1.82) is 0 Å². The SMILES string of the molecule is C[C@@H](NC(=O)CNC(=O)c1ccccc1)c1cccc(OCc2ccccn2)c1. The monoisotopic (exact) mass is 389 g/mol. The van der Waals surface area contributed by atoms with E-state index in [1.165, 1.54) is 0 Å². The van der Waals surface area contributed by atoms with Gasteiger partial charge in [0.05, 0.1) is 18.3 Å². The minimum atomic E-state index is -0.279. The number of carbonyl (C=O) groups excluding carboxylic acids is 2. The number of rotatable bonds is 8. The molecule has 148 valence electrons. The van der Waals surface area contributed by atoms with Crippen molar-refractivity contribution >= 4 is 11.8 Å². The average Bonchev–Trinajstić information content (AvgIpc) is 2.77. The number of benzene rings is 2. The molecule has 3 aromatic rings. The minimum absolute atomic E-state index is 0.0894. The number of nitrogens with zero attached hydrogens (tertiary/aromatic N) is 1. The number of pyridine rings is 1. The van der Waals surface area contributed by atoms with Gasteiger partial charge in [0, 0.05) is 11.8 Å². The Hall–Kier alpha value is -3.67. The van der Waals surface area contributed by atoms with Crippen molar-refractivity contribution in [3.8, 4) is 5.75 Å². The van der Waals surface area contributed by atoms with Crippen LogP contribution in [0.5, 0.6) is 5.75 Å². The van der Waals surface area contributed by atoms with Crippen molar-refractivity contribution in [1.82, 2.24) is 15.6 Å². The van der Waals surface area contributed by atoms with Gasteiger partial charge < -0.3 is 15.4 Å². The summed E-state index contributed by atoms with van der Waals surface area (Å²) in [6, 6.07) is 21.8. The lowest BCUT2D eigenvalue weighted by molar-refractivity contribution is -0.120. The lowest BCUT2D eigenvalue weighted by Gasteiger charge is -2.16. The molecule has 3 rings (SSSR count). The van der Waals surface area contributed by atoms with E-state index >= 15 is 0 Å². The second-order valence-corrected chi connectivity index (χ2v) is 6.52. The molecule has 2 N–H and O–H groups in total. The zero-order valence-corrected chi connectivity index (χ0v) is 16.2. The van der Waals surface area contributed by atoms with Gasteiger partial charge in [0.25, 0.3) is 5.91 Å². The van der Waals surface area contributed by atoms with Crippen LogP contribution >= 0.6 is 0 Å². The van der Waals surface area contributed by atoms with Crippen molar-refractivity contribution in [3.63, 3.8) is 0 Å². The van der Waals surface area contributed by atoms with Gasteiger partial charge in [-0.25, -0.2) is 0 Å². The Morgan fingerprint density at radius 3 is 2.55 bits per heavy atom. The maximum Gasteiger partial charge on any atom is 0.251 e. The van der Waals surface area contributed by atoms with Crippen LogP contribution < -0.4 is 15.4 Å². The number of hydrogen-bond acceptors (Lipinski definition) is 4. The summed E-state index contributed by atoms with van der Waals surface area (Å²) in [6.07, 6.45) is 1.73. The summed E-state index contributed by atoms with van der Waals surface area (Å²) in [5, 5.41) is 5.51. The Morgan fingerprint density at radius 1 is 1.00 bits per heavy atom. The van der Waals surface area contributed by atoms with E-state index in [-0.39, 0.29) is 24.4 Å². The molecule has 0 radical (unpaired) electrons. The molecule has 1 atom stereocenters. The summed E-state index contributed by atoms with van der Waals surface area (Å²) in [5.74, 6) is 0.159. The van der Waals surface area contributed by atoms with Crippen LogP contribution in [-0.2, 0) is 11.4 Å². The molecule has 6 nitrogen and oxygen atoms in total. The molecule has 29 heavy (non-hydrogen) atoms. The largest absolute Gasteiger partial charge is 0.487 e. The smallest absolute Gasteiger partial charge is 0.251 e. The van der Waals surface area contributed by atoms with Crippen molar-refractivity contribution in [3.05, 3.63) is 95.8 Å². The molecule has 0 fully saturated rings. The third kappa shape index (κ3) is 6.17. The van der Waals surface area contributed by atoms with E-state index in [1.54, 1.807) is 30.5 Å². The highest BCUT2D eigenvalue weighted by Gasteiger charge is 2.12. The zero-order valence-electron chi connectivity index (χ0n) is 16.2. The molecule has 0 unspecified atom stereocenters. The molecule has 0 saturated heterocycles. The van der Waals surface area contributed by atoms with Gasteiger partial charge in [0.2, 0.25) is 5.91 Å². The summed E-state index contributed by atoms with van der Waals surface area (Å²) in [4.78, 5) is 28.4. The molecule has 0 aliphatic rings. The van der Waals surface area contributed by atoms with Crippen molar-refractivity contribution in [2.75, 3.05) is 6.54 Å². The van der Waals surface area contributed by atoms with Crippen LogP contribution in [0.2, 0.25) is 0 Å². The molecule has 2 aromatic carbocycles. The van der Waals surface area contributed by atoms with E-state index in [0.717, 1.165) is 11.3 Å². The van der Waals surface area contributed by atoms with Gasteiger partial charge in [0.15, 0.2) is 0 Å². The average molecular weight is 389 g/mol. The van der Waals surface area contributed by atoms with Gasteiger partial charge in [0.1, 0.15) is 12.4 Å². The van der Waals surface area contributed by atoms with Gasteiger partial charge in [-0.05, 0) is 48.9 Å². The Kier molecular flexibility index (Phi) is 6.95. The minimum Gasteiger partial charge on any atom is -0.487 e. The molecule has 0 aliphatic heterocycles. The van der Waals surface area contributed by atoms with Crippen molar-refractivity contribution < 1.29 is 14.3 Å². The first kappa shape index (κ1) is 20.1. The van der Waals surface area contributed by atoms with Crippen LogP contribution in [0.25, 0.3) is 0 Å². The van der Waals surface area contributed by atoms with Crippen molar-refractivity contribution in [2.24, 2.45) is 0 Å². The highest BCUT2D eigenvalue weighted by molar-refractivity contribution is 5.96. The molecule has 2 amide bonds. The summed E-state index contributed by atoms with van der Waals surface area (Å²) in [6.45, 7) is 2.17. The maximum absolute atomic E-state index is 12.2. The Bertz CT molecular complexity index is 946. The van der Waals surface area contributed by atoms with Gasteiger partial charge in [-0.1, -0.05) is 36.4 Å². The number of carbonyl (C=O) groups is 2. The van der Waals surface area contributed by atoms with E-state index in [2.05, 4.69) is 15.6 Å². The molecule has 0 aliphatic carbocycles. The number of amides is 2. The van der Waals surface area contributed by atoms with E-state index in [1.807, 2.05) is 55.5 Å². The lowest BCUT2D eigenvalue weighted by Crippen LogP contribution is -2.38. The standard InChI is InChI=1S/C23H23N3O3/c1-17(26-22(27)15-25-23(28)18-8-3-2-4-9-18)19-10-7-12-21(14-19)29-16-20-11-5-6-13-24-20/h2-14,17H,15-16H2,1H3,(H,25,28)(H,26,27)/t17-/m1/s1. The van der Waals surface area contributed by atoms with Crippen LogP contribution in [0.3, 0.4) is 0 Å². The Morgan fingerprint density at radius 2 is 1.79 bits per heavy atom. The fourth-order valence-electron chi connectivity index (χ4n) is 2.74. The van der Waals surface area contributed by atoms with E-state index < -0.39 is 0 Å². The summed E-state index contributed by atoms with van der Waals surface area (Å²) < 4.78 is 5.78. The van der Waals surface area contributed by atoms with Gasteiger partial charge in [-0.15, -0.1) is 0 Å². The van der Waals surface area contributed by atoms with Crippen LogP contribution in [-0.4, -0.2) is 23.3 Å². The van der Waals surface area contributed by atoms with Gasteiger partial charge in [-0.3, -0.25) is 14.6 Å². The van der Waals surface area contributed by atoms with Crippen molar-refractivity contribution in [2.45, 2.75) is 19.6 Å². The van der Waals surface area contributed by atoms with Crippen LogP contribution in [0.15, 0.2) is 79.0 Å². The summed E-state index contributed by atoms with van der Waals surface area (Å²) >= 11 is 0. The third-order valence-corrected chi connectivity index (χ3v) is 4.29. The fraction of sp³-hybridized carbons (Fsp3) is 0.174. The van der Waals surface area contributed by atoms with Gasteiger partial charge >= 0.3 is 0 Å². The molecule has 1 heterocycles. The lowest BCUT2D eigenvalue weighted by atomic mass is 10.1. The highest BCUT2D eigenvalue weighted by Crippen LogP contribution is 2.20. The number of ether oxygens (including phenoxy) is 1.